The van der Waals surface area contributed by atoms with Crippen molar-refractivity contribution in [3.63, 3.8) is 0 Å². The van der Waals surface area contributed by atoms with Crippen LogP contribution in [0, 0.1) is 5.92 Å². The van der Waals surface area contributed by atoms with Crippen LogP contribution in [0.5, 0.6) is 0 Å². The summed E-state index contributed by atoms with van der Waals surface area (Å²) in [5.74, 6) is 0.909. The average molecular weight is 132 g/mol. The average Bonchev–Trinajstić information content (AvgIpc) is 1.66. The molecule has 0 aromatic rings. The molecule has 0 N–H and O–H groups in total. The van der Waals surface area contributed by atoms with Crippen LogP contribution in [0.4, 0.5) is 0 Å². The van der Waals surface area contributed by atoms with Gasteiger partial charge in [-0.05, 0) is 25.2 Å². The van der Waals surface area contributed by atoms with Crippen LogP contribution in [-0.4, -0.2) is 12.8 Å². The molecule has 0 heterocycles. The highest BCUT2D eigenvalue weighted by molar-refractivity contribution is 7.36. The molecule has 0 aliphatic heterocycles. The van der Waals surface area contributed by atoms with Crippen LogP contribution in [-0.2, 0) is 0 Å². The van der Waals surface area contributed by atoms with Gasteiger partial charge >= 0.3 is 0 Å². The maximum absolute atomic E-state index is 2.29. The minimum atomic E-state index is 0.909. The zero-order chi connectivity index (χ0) is 6.41. The van der Waals surface area contributed by atoms with E-state index >= 15 is 0 Å². The molecule has 50 valence electrons. The van der Waals surface area contributed by atoms with E-state index in [1.807, 2.05) is 0 Å². The Labute approximate surface area is 54.8 Å². The second kappa shape index (κ2) is 5.56. The molecule has 1 atom stereocenters. The summed E-state index contributed by atoms with van der Waals surface area (Å²) in [7, 11) is 1.16. The Balaban J connectivity index is 2.72. The molecule has 0 aromatic carbocycles. The zero-order valence-electron chi connectivity index (χ0n) is 6.20. The maximum atomic E-state index is 2.29. The lowest BCUT2D eigenvalue weighted by Crippen LogP contribution is -1.86. The molecule has 0 saturated heterocycles. The van der Waals surface area contributed by atoms with Gasteiger partial charge < -0.3 is 0 Å². The topological polar surface area (TPSA) is 0 Å². The number of hydrogen-bond donors (Lipinski definition) is 0. The van der Waals surface area contributed by atoms with Crippen molar-refractivity contribution < 1.29 is 0 Å². The predicted octanol–water partition coefficient (Wildman–Crippen LogP) is 2.73. The molecule has 0 amide bonds. The van der Waals surface area contributed by atoms with Gasteiger partial charge in [0.15, 0.2) is 0 Å². The van der Waals surface area contributed by atoms with E-state index in [1.54, 1.807) is 0 Å². The SMILES string of the molecule is CPCCCC(C)C. The minimum absolute atomic E-state index is 0.909. The second-order valence-electron chi connectivity index (χ2n) is 2.64. The van der Waals surface area contributed by atoms with Crippen molar-refractivity contribution in [2.75, 3.05) is 12.8 Å². The smallest absolute Gasteiger partial charge is 0.0356 e. The fraction of sp³-hybridized carbons (Fsp3) is 1.00. The molecular formula is C7H17P. The fourth-order valence-corrected chi connectivity index (χ4v) is 1.24. The summed E-state index contributed by atoms with van der Waals surface area (Å²) in [6, 6.07) is 0. The Morgan fingerprint density at radius 3 is 2.38 bits per heavy atom. The quantitative estimate of drug-likeness (QED) is 0.407. The lowest BCUT2D eigenvalue weighted by molar-refractivity contribution is 0.579. The van der Waals surface area contributed by atoms with Gasteiger partial charge in [-0.2, -0.15) is 0 Å². The molecule has 0 bridgehead atoms. The summed E-state index contributed by atoms with van der Waals surface area (Å²) in [5, 5.41) is 0. The summed E-state index contributed by atoms with van der Waals surface area (Å²) in [6.07, 6.45) is 4.30. The van der Waals surface area contributed by atoms with E-state index < -0.39 is 0 Å². The molecule has 1 heteroatoms. The van der Waals surface area contributed by atoms with E-state index in [9.17, 15) is 0 Å². The van der Waals surface area contributed by atoms with Gasteiger partial charge in [-0.15, -0.1) is 8.58 Å². The van der Waals surface area contributed by atoms with Crippen molar-refractivity contribution in [3.05, 3.63) is 0 Å². The van der Waals surface area contributed by atoms with Crippen LogP contribution >= 0.6 is 8.58 Å². The van der Waals surface area contributed by atoms with E-state index in [1.165, 1.54) is 19.0 Å². The Morgan fingerprint density at radius 2 is 2.00 bits per heavy atom. The van der Waals surface area contributed by atoms with E-state index in [0.29, 0.717) is 0 Å². The van der Waals surface area contributed by atoms with Crippen molar-refractivity contribution in [1.82, 2.24) is 0 Å². The molecular weight excluding hydrogens is 115 g/mol. The molecule has 1 unspecified atom stereocenters. The first-order valence-corrected chi connectivity index (χ1v) is 5.12. The molecule has 0 saturated carbocycles. The summed E-state index contributed by atoms with van der Waals surface area (Å²) >= 11 is 0. The monoisotopic (exact) mass is 132 g/mol. The molecule has 0 aromatic heterocycles. The summed E-state index contributed by atoms with van der Waals surface area (Å²) in [4.78, 5) is 0. The van der Waals surface area contributed by atoms with Crippen LogP contribution in [0.1, 0.15) is 26.7 Å². The first-order chi connectivity index (χ1) is 3.77. The summed E-state index contributed by atoms with van der Waals surface area (Å²) in [5.41, 5.74) is 0. The standard InChI is InChI=1S/C7H17P/c1-7(2)5-4-6-8-3/h7-8H,4-6H2,1-3H3. The third kappa shape index (κ3) is 6.43. The lowest BCUT2D eigenvalue weighted by atomic mass is 10.1. The van der Waals surface area contributed by atoms with E-state index in [-0.39, 0.29) is 0 Å². The van der Waals surface area contributed by atoms with Crippen LogP contribution < -0.4 is 0 Å². The normalized spacial score (nSPS) is 12.0. The van der Waals surface area contributed by atoms with Crippen molar-refractivity contribution >= 4 is 8.58 Å². The number of rotatable bonds is 4. The molecule has 0 aliphatic carbocycles. The molecule has 0 radical (unpaired) electrons. The summed E-state index contributed by atoms with van der Waals surface area (Å²) in [6.45, 7) is 6.86. The highest BCUT2D eigenvalue weighted by atomic mass is 31.1. The minimum Gasteiger partial charge on any atom is -0.125 e. The Hall–Kier alpha value is 0.430. The van der Waals surface area contributed by atoms with Gasteiger partial charge in [0.2, 0.25) is 0 Å². The first kappa shape index (κ1) is 8.43. The van der Waals surface area contributed by atoms with Crippen molar-refractivity contribution in [1.29, 1.82) is 0 Å². The summed E-state index contributed by atoms with van der Waals surface area (Å²) < 4.78 is 0. The largest absolute Gasteiger partial charge is 0.125 e. The van der Waals surface area contributed by atoms with Crippen LogP contribution in [0.2, 0.25) is 0 Å². The maximum Gasteiger partial charge on any atom is -0.0356 e. The Bertz CT molecular complexity index is 41.7. The van der Waals surface area contributed by atoms with Gasteiger partial charge in [0.25, 0.3) is 0 Å². The van der Waals surface area contributed by atoms with Gasteiger partial charge in [-0.25, -0.2) is 0 Å². The molecule has 0 spiro atoms. The first-order valence-electron chi connectivity index (χ1n) is 3.42. The van der Waals surface area contributed by atoms with Gasteiger partial charge in [0.05, 0.1) is 0 Å². The second-order valence-corrected chi connectivity index (χ2v) is 3.85. The third-order valence-corrected chi connectivity index (χ3v) is 2.06. The molecule has 8 heavy (non-hydrogen) atoms. The highest BCUT2D eigenvalue weighted by Crippen LogP contribution is 2.10. The van der Waals surface area contributed by atoms with Crippen molar-refractivity contribution in [3.8, 4) is 0 Å². The highest BCUT2D eigenvalue weighted by Gasteiger charge is 1.90. The van der Waals surface area contributed by atoms with E-state index in [0.717, 1.165) is 14.5 Å². The van der Waals surface area contributed by atoms with Gasteiger partial charge in [-0.3, -0.25) is 0 Å². The van der Waals surface area contributed by atoms with Gasteiger partial charge in [-0.1, -0.05) is 20.3 Å². The van der Waals surface area contributed by atoms with Crippen molar-refractivity contribution in [2.24, 2.45) is 5.92 Å². The molecule has 0 nitrogen and oxygen atoms in total. The van der Waals surface area contributed by atoms with Gasteiger partial charge in [0, 0.05) is 0 Å². The Kier molecular flexibility index (Phi) is 5.86. The molecule has 0 fully saturated rings. The fourth-order valence-electron chi connectivity index (χ4n) is 0.687. The van der Waals surface area contributed by atoms with Crippen molar-refractivity contribution in [2.45, 2.75) is 26.7 Å². The van der Waals surface area contributed by atoms with E-state index in [2.05, 4.69) is 20.5 Å². The van der Waals surface area contributed by atoms with Gasteiger partial charge in [0.1, 0.15) is 0 Å². The van der Waals surface area contributed by atoms with E-state index in [4.69, 9.17) is 0 Å². The molecule has 0 aliphatic rings. The third-order valence-electron chi connectivity index (χ3n) is 1.21. The number of hydrogen-bond acceptors (Lipinski definition) is 0. The Morgan fingerprint density at radius 1 is 1.38 bits per heavy atom. The van der Waals surface area contributed by atoms with Crippen LogP contribution in [0.3, 0.4) is 0 Å². The lowest BCUT2D eigenvalue weighted by Gasteiger charge is -2.00. The molecule has 0 rings (SSSR count). The van der Waals surface area contributed by atoms with Crippen LogP contribution in [0.15, 0.2) is 0 Å². The predicted molar refractivity (Wildman–Crippen MR) is 43.2 cm³/mol. The van der Waals surface area contributed by atoms with Crippen LogP contribution in [0.25, 0.3) is 0 Å². The zero-order valence-corrected chi connectivity index (χ0v) is 7.20.